The Balaban J connectivity index is 2.13. The van der Waals surface area contributed by atoms with Crippen molar-refractivity contribution in [2.24, 2.45) is 0 Å². The molecule has 0 spiro atoms. The normalized spacial score (nSPS) is 12.2. The summed E-state index contributed by atoms with van der Waals surface area (Å²) in [4.78, 5) is 19.0. The van der Waals surface area contributed by atoms with E-state index in [0.29, 0.717) is 11.0 Å². The van der Waals surface area contributed by atoms with E-state index in [2.05, 4.69) is 25.5 Å². The van der Waals surface area contributed by atoms with Crippen LogP contribution in [0.1, 0.15) is 39.8 Å². The van der Waals surface area contributed by atoms with Crippen LogP contribution in [0.4, 0.5) is 5.95 Å². The third-order valence-corrected chi connectivity index (χ3v) is 3.58. The maximum absolute atomic E-state index is 10.8. The predicted molar refractivity (Wildman–Crippen MR) is 70.4 cm³/mol. The summed E-state index contributed by atoms with van der Waals surface area (Å²) in [5, 5.41) is 22.0. The second kappa shape index (κ2) is 5.27. The molecule has 2 aromatic heterocycles. The van der Waals surface area contributed by atoms with Gasteiger partial charge in [-0.1, -0.05) is 0 Å². The molecule has 1 unspecified atom stereocenters. The molecule has 0 aliphatic carbocycles. The number of carbonyl (C=O) groups is 1. The molecule has 2 N–H and O–H groups in total. The van der Waals surface area contributed by atoms with E-state index in [1.54, 1.807) is 0 Å². The molecule has 0 aromatic carbocycles. The maximum Gasteiger partial charge on any atom is 0.355 e. The van der Waals surface area contributed by atoms with Crippen LogP contribution in [-0.2, 0) is 0 Å². The maximum atomic E-state index is 10.8. The van der Waals surface area contributed by atoms with E-state index in [-0.39, 0.29) is 11.7 Å². The van der Waals surface area contributed by atoms with Crippen molar-refractivity contribution < 1.29 is 9.90 Å². The van der Waals surface area contributed by atoms with Crippen molar-refractivity contribution >= 4 is 23.3 Å². The van der Waals surface area contributed by atoms with Gasteiger partial charge in [0, 0.05) is 5.38 Å². The fourth-order valence-electron chi connectivity index (χ4n) is 1.36. The summed E-state index contributed by atoms with van der Waals surface area (Å²) in [6.07, 6.45) is 0. The Kier molecular flexibility index (Phi) is 3.70. The van der Waals surface area contributed by atoms with Crippen LogP contribution in [0.2, 0.25) is 0 Å². The first-order valence-corrected chi connectivity index (χ1v) is 6.48. The SMILES string of the molecule is Cc1nnc(NC(C)c2nc(C(=O)O)cs2)nc1C. The molecule has 0 bridgehead atoms. The molecule has 1 atom stereocenters. The molecule has 0 aliphatic rings. The Morgan fingerprint density at radius 1 is 1.32 bits per heavy atom. The molecule has 0 aliphatic heterocycles. The van der Waals surface area contributed by atoms with Crippen molar-refractivity contribution in [2.75, 3.05) is 5.32 Å². The number of rotatable bonds is 4. The van der Waals surface area contributed by atoms with Crippen molar-refractivity contribution in [3.63, 3.8) is 0 Å². The molecule has 2 rings (SSSR count). The number of carboxylic acid groups (broad SMARTS) is 1. The second-order valence-corrected chi connectivity index (χ2v) is 4.94. The standard InChI is InChI=1S/C11H13N5O2S/c1-5-6(2)15-16-11(12-5)13-7(3)9-14-8(4-19-9)10(17)18/h4,7H,1-3H3,(H,17,18)(H,12,13,16). The van der Waals surface area contributed by atoms with Gasteiger partial charge in [-0.25, -0.2) is 14.8 Å². The number of aromatic carboxylic acids is 1. The molecule has 0 fully saturated rings. The van der Waals surface area contributed by atoms with Crippen LogP contribution in [0.3, 0.4) is 0 Å². The fraction of sp³-hybridized carbons (Fsp3) is 0.364. The van der Waals surface area contributed by atoms with Gasteiger partial charge in [0.25, 0.3) is 0 Å². The van der Waals surface area contributed by atoms with Gasteiger partial charge in [0.2, 0.25) is 5.95 Å². The third kappa shape index (κ3) is 3.02. The lowest BCUT2D eigenvalue weighted by Gasteiger charge is -2.10. The minimum absolute atomic E-state index is 0.0489. The number of hydrogen-bond acceptors (Lipinski definition) is 7. The van der Waals surface area contributed by atoms with Crippen LogP contribution in [0.5, 0.6) is 0 Å². The lowest BCUT2D eigenvalue weighted by molar-refractivity contribution is 0.0691. The summed E-state index contributed by atoms with van der Waals surface area (Å²) in [5.41, 5.74) is 1.63. The summed E-state index contributed by atoms with van der Waals surface area (Å²) >= 11 is 1.28. The van der Waals surface area contributed by atoms with Crippen LogP contribution in [0.25, 0.3) is 0 Å². The van der Waals surface area contributed by atoms with Crippen molar-refractivity contribution in [3.05, 3.63) is 27.5 Å². The van der Waals surface area contributed by atoms with E-state index < -0.39 is 5.97 Å². The first kappa shape index (κ1) is 13.3. The highest BCUT2D eigenvalue weighted by Crippen LogP contribution is 2.21. The van der Waals surface area contributed by atoms with Crippen molar-refractivity contribution in [3.8, 4) is 0 Å². The molecule has 7 nitrogen and oxygen atoms in total. The number of nitrogens with one attached hydrogen (secondary N) is 1. The number of aryl methyl sites for hydroxylation is 2. The number of hydrogen-bond donors (Lipinski definition) is 2. The minimum Gasteiger partial charge on any atom is -0.476 e. The van der Waals surface area contributed by atoms with Gasteiger partial charge < -0.3 is 10.4 Å². The summed E-state index contributed by atoms with van der Waals surface area (Å²) in [6.45, 7) is 5.55. The molecule has 2 aromatic rings. The van der Waals surface area contributed by atoms with Crippen molar-refractivity contribution in [2.45, 2.75) is 26.8 Å². The second-order valence-electron chi connectivity index (χ2n) is 4.05. The minimum atomic E-state index is -1.03. The summed E-state index contributed by atoms with van der Waals surface area (Å²) < 4.78 is 0. The van der Waals surface area contributed by atoms with Gasteiger partial charge in [0.05, 0.1) is 17.4 Å². The van der Waals surface area contributed by atoms with Gasteiger partial charge in [0.15, 0.2) is 5.69 Å². The van der Waals surface area contributed by atoms with E-state index in [9.17, 15) is 4.79 Å². The van der Waals surface area contributed by atoms with Crippen LogP contribution in [0.15, 0.2) is 5.38 Å². The number of anilines is 1. The lowest BCUT2D eigenvalue weighted by Crippen LogP contribution is -2.11. The van der Waals surface area contributed by atoms with E-state index in [0.717, 1.165) is 11.4 Å². The number of aromatic nitrogens is 4. The van der Waals surface area contributed by atoms with Crippen LogP contribution in [-0.4, -0.2) is 31.2 Å². The van der Waals surface area contributed by atoms with E-state index >= 15 is 0 Å². The topological polar surface area (TPSA) is 101 Å². The molecular formula is C11H13N5O2S. The predicted octanol–water partition coefficient (Wildman–Crippen LogP) is 1.82. The van der Waals surface area contributed by atoms with E-state index in [1.165, 1.54) is 16.7 Å². The summed E-state index contributed by atoms with van der Waals surface area (Å²) in [6, 6.07) is -0.179. The lowest BCUT2D eigenvalue weighted by atomic mass is 10.3. The molecule has 0 radical (unpaired) electrons. The molecule has 0 saturated heterocycles. The van der Waals surface area contributed by atoms with Crippen LogP contribution >= 0.6 is 11.3 Å². The highest BCUT2D eigenvalue weighted by molar-refractivity contribution is 7.09. The number of carboxylic acids is 1. The molecule has 19 heavy (non-hydrogen) atoms. The highest BCUT2D eigenvalue weighted by atomic mass is 32.1. The van der Waals surface area contributed by atoms with Crippen molar-refractivity contribution in [1.29, 1.82) is 0 Å². The Morgan fingerprint density at radius 3 is 2.63 bits per heavy atom. The first-order chi connectivity index (χ1) is 8.97. The Hall–Kier alpha value is -2.09. The smallest absolute Gasteiger partial charge is 0.355 e. The van der Waals surface area contributed by atoms with Crippen molar-refractivity contribution in [1.82, 2.24) is 20.2 Å². The number of thiazole rings is 1. The molecular weight excluding hydrogens is 266 g/mol. The third-order valence-electron chi connectivity index (χ3n) is 2.55. The Bertz CT molecular complexity index is 613. The highest BCUT2D eigenvalue weighted by Gasteiger charge is 2.15. The summed E-state index contributed by atoms with van der Waals surface area (Å²) in [7, 11) is 0. The molecule has 2 heterocycles. The first-order valence-electron chi connectivity index (χ1n) is 5.60. The average Bonchev–Trinajstić information content (AvgIpc) is 2.83. The van der Waals surface area contributed by atoms with Gasteiger partial charge in [-0.15, -0.1) is 16.4 Å². The zero-order valence-corrected chi connectivity index (χ0v) is 11.5. The van der Waals surface area contributed by atoms with Gasteiger partial charge >= 0.3 is 5.97 Å². The fourth-order valence-corrected chi connectivity index (χ4v) is 2.16. The molecule has 0 amide bonds. The van der Waals surface area contributed by atoms with Gasteiger partial charge in [0.1, 0.15) is 5.01 Å². The van der Waals surface area contributed by atoms with Gasteiger partial charge in [-0.3, -0.25) is 0 Å². The van der Waals surface area contributed by atoms with Gasteiger partial charge in [-0.05, 0) is 20.8 Å². The van der Waals surface area contributed by atoms with Crippen LogP contribution < -0.4 is 5.32 Å². The summed E-state index contributed by atoms with van der Waals surface area (Å²) in [5.74, 6) is -0.624. The Morgan fingerprint density at radius 2 is 2.05 bits per heavy atom. The van der Waals surface area contributed by atoms with E-state index in [4.69, 9.17) is 5.11 Å². The van der Waals surface area contributed by atoms with Gasteiger partial charge in [-0.2, -0.15) is 5.10 Å². The monoisotopic (exact) mass is 279 g/mol. The van der Waals surface area contributed by atoms with E-state index in [1.807, 2.05) is 20.8 Å². The number of nitrogens with zero attached hydrogens (tertiary/aromatic N) is 4. The average molecular weight is 279 g/mol. The quantitative estimate of drug-likeness (QED) is 0.880. The molecule has 0 saturated carbocycles. The zero-order valence-electron chi connectivity index (χ0n) is 10.7. The Labute approximate surface area is 113 Å². The van der Waals surface area contributed by atoms with Crippen LogP contribution in [0, 0.1) is 13.8 Å². The largest absolute Gasteiger partial charge is 0.476 e. The zero-order chi connectivity index (χ0) is 14.0. The molecule has 8 heteroatoms. The molecule has 100 valence electrons.